The summed E-state index contributed by atoms with van der Waals surface area (Å²) in [6.07, 6.45) is 4.64. The highest BCUT2D eigenvalue weighted by Crippen LogP contribution is 2.35. The largest absolute Gasteiger partial charge is 0.309 e. The molecule has 0 spiro atoms. The number of halogens is 1. The van der Waals surface area contributed by atoms with Crippen molar-refractivity contribution in [3.05, 3.63) is 39.7 Å². The Morgan fingerprint density at radius 3 is 2.85 bits per heavy atom. The number of benzene rings is 1. The molecule has 110 valence electrons. The van der Waals surface area contributed by atoms with Crippen molar-refractivity contribution in [2.75, 3.05) is 0 Å². The van der Waals surface area contributed by atoms with Gasteiger partial charge in [-0.2, -0.15) is 4.39 Å². The average molecular weight is 280 g/mol. The predicted molar refractivity (Wildman–Crippen MR) is 75.9 cm³/mol. The first-order valence-corrected chi connectivity index (χ1v) is 7.07. The maximum atomic E-state index is 14.0. The molecule has 2 rings (SSSR count). The lowest BCUT2D eigenvalue weighted by atomic mass is 9.73. The van der Waals surface area contributed by atoms with Crippen molar-refractivity contribution in [3.63, 3.8) is 0 Å². The topological polar surface area (TPSA) is 55.2 Å². The van der Waals surface area contributed by atoms with Crippen LogP contribution in [0.1, 0.15) is 45.1 Å². The summed E-state index contributed by atoms with van der Waals surface area (Å²) in [7, 11) is 0. The van der Waals surface area contributed by atoms with Gasteiger partial charge in [-0.1, -0.05) is 38.8 Å². The van der Waals surface area contributed by atoms with E-state index in [0.29, 0.717) is 18.2 Å². The lowest BCUT2D eigenvalue weighted by molar-refractivity contribution is -0.387. The standard InChI is InChI=1S/C15H21FN2O2/c1-15(2)9-4-3-8-13(15)17-10-11-6-5-7-12(14(11)16)18(19)20/h5-7,13,17H,3-4,8-10H2,1-2H3. The summed E-state index contributed by atoms with van der Waals surface area (Å²) < 4.78 is 14.0. The number of nitrogens with one attached hydrogen (secondary N) is 1. The quantitative estimate of drug-likeness (QED) is 0.674. The lowest BCUT2D eigenvalue weighted by Gasteiger charge is -2.39. The van der Waals surface area contributed by atoms with Crippen molar-refractivity contribution in [3.8, 4) is 0 Å². The van der Waals surface area contributed by atoms with Crippen LogP contribution >= 0.6 is 0 Å². The number of hydrogen-bond acceptors (Lipinski definition) is 3. The molecule has 0 saturated heterocycles. The third-order valence-electron chi connectivity index (χ3n) is 4.30. The highest BCUT2D eigenvalue weighted by Gasteiger charge is 2.31. The molecule has 0 amide bonds. The Bertz CT molecular complexity index is 503. The normalized spacial score (nSPS) is 21.6. The Morgan fingerprint density at radius 2 is 2.20 bits per heavy atom. The minimum atomic E-state index is -0.724. The Labute approximate surface area is 118 Å². The fourth-order valence-corrected chi connectivity index (χ4v) is 2.95. The van der Waals surface area contributed by atoms with Crippen LogP contribution in [-0.4, -0.2) is 11.0 Å². The molecular formula is C15H21FN2O2. The zero-order valence-corrected chi connectivity index (χ0v) is 12.0. The van der Waals surface area contributed by atoms with Gasteiger partial charge in [0.15, 0.2) is 0 Å². The SMILES string of the molecule is CC1(C)CCCCC1NCc1cccc([N+](=O)[O-])c1F. The maximum Gasteiger partial charge on any atom is 0.305 e. The van der Waals surface area contributed by atoms with E-state index in [1.807, 2.05) is 0 Å². The molecule has 5 heteroatoms. The zero-order chi connectivity index (χ0) is 14.8. The summed E-state index contributed by atoms with van der Waals surface area (Å²) in [6, 6.07) is 4.66. The van der Waals surface area contributed by atoms with Gasteiger partial charge in [0.05, 0.1) is 4.92 Å². The van der Waals surface area contributed by atoms with Crippen LogP contribution in [0.25, 0.3) is 0 Å². The second-order valence-corrected chi connectivity index (χ2v) is 6.18. The van der Waals surface area contributed by atoms with Crippen molar-refractivity contribution in [1.82, 2.24) is 5.32 Å². The van der Waals surface area contributed by atoms with Crippen LogP contribution in [-0.2, 0) is 6.54 Å². The number of nitro groups is 1. The van der Waals surface area contributed by atoms with Gasteiger partial charge in [0.25, 0.3) is 0 Å². The van der Waals surface area contributed by atoms with Crippen LogP contribution in [0.2, 0.25) is 0 Å². The molecule has 1 saturated carbocycles. The van der Waals surface area contributed by atoms with Gasteiger partial charge in [-0.05, 0) is 18.3 Å². The number of rotatable bonds is 4. The average Bonchev–Trinajstić information content (AvgIpc) is 2.38. The Balaban J connectivity index is 2.07. The first-order chi connectivity index (χ1) is 9.42. The number of nitro benzene ring substituents is 1. The number of hydrogen-bond donors (Lipinski definition) is 1. The third-order valence-corrected chi connectivity index (χ3v) is 4.30. The van der Waals surface area contributed by atoms with E-state index in [2.05, 4.69) is 19.2 Å². The second-order valence-electron chi connectivity index (χ2n) is 6.18. The molecule has 1 N–H and O–H groups in total. The van der Waals surface area contributed by atoms with Crippen LogP contribution in [0, 0.1) is 21.3 Å². The van der Waals surface area contributed by atoms with Crippen molar-refractivity contribution in [2.45, 2.75) is 52.1 Å². The fourth-order valence-electron chi connectivity index (χ4n) is 2.95. The molecule has 1 aliphatic carbocycles. The van der Waals surface area contributed by atoms with Crippen LogP contribution in [0.4, 0.5) is 10.1 Å². The van der Waals surface area contributed by atoms with Gasteiger partial charge in [0.1, 0.15) is 0 Å². The Morgan fingerprint density at radius 1 is 1.45 bits per heavy atom. The molecule has 1 atom stereocenters. The Hall–Kier alpha value is -1.49. The van der Waals surface area contributed by atoms with E-state index in [9.17, 15) is 14.5 Å². The van der Waals surface area contributed by atoms with E-state index >= 15 is 0 Å². The van der Waals surface area contributed by atoms with E-state index in [1.165, 1.54) is 25.0 Å². The predicted octanol–water partition coefficient (Wildman–Crippen LogP) is 3.79. The van der Waals surface area contributed by atoms with Crippen molar-refractivity contribution in [2.24, 2.45) is 5.41 Å². The Kier molecular flexibility index (Phi) is 4.38. The first kappa shape index (κ1) is 14.9. The van der Waals surface area contributed by atoms with Gasteiger partial charge in [-0.25, -0.2) is 0 Å². The third kappa shape index (κ3) is 3.15. The van der Waals surface area contributed by atoms with E-state index in [4.69, 9.17) is 0 Å². The molecule has 1 unspecified atom stereocenters. The smallest absolute Gasteiger partial charge is 0.305 e. The summed E-state index contributed by atoms with van der Waals surface area (Å²) >= 11 is 0. The highest BCUT2D eigenvalue weighted by atomic mass is 19.1. The zero-order valence-electron chi connectivity index (χ0n) is 12.0. The summed E-state index contributed by atoms with van der Waals surface area (Å²) in [4.78, 5) is 10.1. The van der Waals surface area contributed by atoms with E-state index in [0.717, 1.165) is 12.8 Å². The van der Waals surface area contributed by atoms with E-state index in [-0.39, 0.29) is 5.41 Å². The van der Waals surface area contributed by atoms with Crippen molar-refractivity contribution >= 4 is 5.69 Å². The molecule has 1 aromatic carbocycles. The molecule has 0 aromatic heterocycles. The first-order valence-electron chi connectivity index (χ1n) is 7.07. The van der Waals surface area contributed by atoms with Gasteiger partial charge in [-0.3, -0.25) is 10.1 Å². The molecule has 1 fully saturated rings. The highest BCUT2D eigenvalue weighted by molar-refractivity contribution is 5.36. The molecule has 1 aromatic rings. The van der Waals surface area contributed by atoms with Crippen molar-refractivity contribution < 1.29 is 9.31 Å². The van der Waals surface area contributed by atoms with Crippen LogP contribution in [0.3, 0.4) is 0 Å². The summed E-state index contributed by atoms with van der Waals surface area (Å²) in [5.41, 5.74) is 0.0999. The van der Waals surface area contributed by atoms with Gasteiger partial charge in [-0.15, -0.1) is 0 Å². The summed E-state index contributed by atoms with van der Waals surface area (Å²) in [6.45, 7) is 4.77. The van der Waals surface area contributed by atoms with Crippen LogP contribution in [0.5, 0.6) is 0 Å². The molecule has 0 radical (unpaired) electrons. The van der Waals surface area contributed by atoms with Gasteiger partial charge < -0.3 is 5.32 Å². The van der Waals surface area contributed by atoms with Crippen molar-refractivity contribution in [1.29, 1.82) is 0 Å². The lowest BCUT2D eigenvalue weighted by Crippen LogP contribution is -2.43. The van der Waals surface area contributed by atoms with Crippen LogP contribution < -0.4 is 5.32 Å². The van der Waals surface area contributed by atoms with Gasteiger partial charge in [0.2, 0.25) is 5.82 Å². The van der Waals surface area contributed by atoms with E-state index < -0.39 is 16.4 Å². The fraction of sp³-hybridized carbons (Fsp3) is 0.600. The van der Waals surface area contributed by atoms with E-state index in [1.54, 1.807) is 6.07 Å². The maximum absolute atomic E-state index is 14.0. The monoisotopic (exact) mass is 280 g/mol. The second kappa shape index (κ2) is 5.87. The molecule has 0 aliphatic heterocycles. The minimum Gasteiger partial charge on any atom is -0.309 e. The van der Waals surface area contributed by atoms with Gasteiger partial charge in [0, 0.05) is 24.2 Å². The minimum absolute atomic E-state index is 0.190. The molecule has 4 nitrogen and oxygen atoms in total. The summed E-state index contributed by atoms with van der Waals surface area (Å²) in [5.74, 6) is -0.724. The number of nitrogens with zero attached hydrogens (tertiary/aromatic N) is 1. The van der Waals surface area contributed by atoms with Gasteiger partial charge >= 0.3 is 5.69 Å². The molecule has 1 aliphatic rings. The van der Waals surface area contributed by atoms with Crippen LogP contribution in [0.15, 0.2) is 18.2 Å². The molecule has 20 heavy (non-hydrogen) atoms. The molecule has 0 heterocycles. The summed E-state index contributed by atoms with van der Waals surface area (Å²) in [5, 5.41) is 14.1. The molecular weight excluding hydrogens is 259 g/mol. The molecule has 0 bridgehead atoms.